The number of pyridine rings is 1. The molecule has 4 rings (SSSR count). The van der Waals surface area contributed by atoms with Gasteiger partial charge in [-0.2, -0.15) is 0 Å². The number of aromatic amines is 1. The number of hydrogen-bond acceptors (Lipinski definition) is 4. The molecule has 0 spiro atoms. The summed E-state index contributed by atoms with van der Waals surface area (Å²) in [7, 11) is 0. The second kappa shape index (κ2) is 8.16. The molecule has 2 amide bonds. The molecule has 30 heavy (non-hydrogen) atoms. The van der Waals surface area contributed by atoms with E-state index in [9.17, 15) is 18.8 Å². The minimum absolute atomic E-state index is 0.0201. The maximum atomic E-state index is 13.2. The molecule has 1 saturated heterocycles. The fourth-order valence-electron chi connectivity index (χ4n) is 3.33. The number of H-pyrrole nitrogens is 1. The monoisotopic (exact) mass is 429 g/mol. The molecule has 7 nitrogen and oxygen atoms in total. The summed E-state index contributed by atoms with van der Waals surface area (Å²) in [4.78, 5) is 43.5. The lowest BCUT2D eigenvalue weighted by atomic mass is 10.1. The largest absolute Gasteiger partial charge is 0.463 e. The van der Waals surface area contributed by atoms with Crippen LogP contribution in [-0.4, -0.2) is 52.8 Å². The number of benzene rings is 1. The van der Waals surface area contributed by atoms with Crippen molar-refractivity contribution in [2.45, 2.75) is 0 Å². The molecule has 1 N–H and O–H groups in total. The van der Waals surface area contributed by atoms with Crippen LogP contribution in [0.3, 0.4) is 0 Å². The Morgan fingerprint density at radius 2 is 1.60 bits per heavy atom. The number of aromatic nitrogens is 1. The van der Waals surface area contributed by atoms with E-state index in [2.05, 4.69) is 4.98 Å². The number of carbonyl (C=O) groups excluding carboxylic acids is 2. The highest BCUT2D eigenvalue weighted by atomic mass is 35.5. The van der Waals surface area contributed by atoms with E-state index in [1.807, 2.05) is 0 Å². The van der Waals surface area contributed by atoms with Crippen molar-refractivity contribution in [2.24, 2.45) is 0 Å². The molecule has 1 aliphatic heterocycles. The van der Waals surface area contributed by atoms with Gasteiger partial charge in [-0.25, -0.2) is 4.39 Å². The summed E-state index contributed by atoms with van der Waals surface area (Å²) in [6.07, 6.45) is 1.49. The van der Waals surface area contributed by atoms with Crippen LogP contribution in [0.5, 0.6) is 0 Å². The lowest BCUT2D eigenvalue weighted by molar-refractivity contribution is 0.0534. The summed E-state index contributed by atoms with van der Waals surface area (Å²) >= 11 is 5.97. The Labute approximate surface area is 175 Å². The van der Waals surface area contributed by atoms with E-state index in [0.29, 0.717) is 11.5 Å². The maximum Gasteiger partial charge on any atom is 0.261 e. The van der Waals surface area contributed by atoms with Crippen LogP contribution in [0.1, 0.15) is 20.7 Å². The van der Waals surface area contributed by atoms with Crippen molar-refractivity contribution in [3.05, 3.63) is 81.0 Å². The molecule has 1 aromatic carbocycles. The molecule has 0 atom stereocenters. The van der Waals surface area contributed by atoms with Gasteiger partial charge in [0.1, 0.15) is 17.1 Å². The summed E-state index contributed by atoms with van der Waals surface area (Å²) in [6, 6.07) is 10.1. The first-order chi connectivity index (χ1) is 14.4. The minimum atomic E-state index is -0.518. The molecule has 0 saturated carbocycles. The van der Waals surface area contributed by atoms with Gasteiger partial charge in [0.25, 0.3) is 17.4 Å². The Hall–Kier alpha value is -3.39. The number of amides is 2. The topological polar surface area (TPSA) is 86.6 Å². The van der Waals surface area contributed by atoms with E-state index in [1.165, 1.54) is 29.4 Å². The van der Waals surface area contributed by atoms with Crippen molar-refractivity contribution >= 4 is 23.4 Å². The van der Waals surface area contributed by atoms with Crippen molar-refractivity contribution in [2.75, 3.05) is 26.2 Å². The maximum absolute atomic E-state index is 13.2. The summed E-state index contributed by atoms with van der Waals surface area (Å²) in [5.74, 6) is -0.755. The fourth-order valence-corrected chi connectivity index (χ4v) is 3.58. The van der Waals surface area contributed by atoms with E-state index >= 15 is 0 Å². The first-order valence-electron chi connectivity index (χ1n) is 9.25. The van der Waals surface area contributed by atoms with Gasteiger partial charge in [0.15, 0.2) is 0 Å². The molecule has 9 heteroatoms. The number of furan rings is 1. The highest BCUT2D eigenvalue weighted by Crippen LogP contribution is 2.20. The standard InChI is InChI=1S/C21H17ClFN3O4/c22-16-12-13(23)3-4-14(16)20(28)25-7-9-26(10-8-25)21(29)15-5-6-17(24-19(15)27)18-2-1-11-30-18/h1-6,11-12H,7-10H2,(H,24,27). The predicted molar refractivity (Wildman–Crippen MR) is 108 cm³/mol. The zero-order valence-electron chi connectivity index (χ0n) is 15.7. The Morgan fingerprint density at radius 3 is 2.17 bits per heavy atom. The summed E-state index contributed by atoms with van der Waals surface area (Å²) in [5, 5.41) is 0.0432. The van der Waals surface area contributed by atoms with Crippen molar-refractivity contribution in [3.63, 3.8) is 0 Å². The molecule has 1 aliphatic rings. The highest BCUT2D eigenvalue weighted by molar-refractivity contribution is 6.33. The average Bonchev–Trinajstić information content (AvgIpc) is 3.28. The Morgan fingerprint density at radius 1 is 0.967 bits per heavy atom. The third-order valence-corrected chi connectivity index (χ3v) is 5.25. The van der Waals surface area contributed by atoms with Crippen molar-refractivity contribution in [3.8, 4) is 11.5 Å². The van der Waals surface area contributed by atoms with Crippen molar-refractivity contribution in [1.29, 1.82) is 0 Å². The highest BCUT2D eigenvalue weighted by Gasteiger charge is 2.27. The molecule has 0 aliphatic carbocycles. The Bertz CT molecular complexity index is 1150. The van der Waals surface area contributed by atoms with Gasteiger partial charge in [0.2, 0.25) is 0 Å². The molecule has 0 bridgehead atoms. The second-order valence-corrected chi connectivity index (χ2v) is 7.21. The number of rotatable bonds is 3. The van der Waals surface area contributed by atoms with Gasteiger partial charge in [0.05, 0.1) is 22.5 Å². The van der Waals surface area contributed by atoms with Crippen LogP contribution in [0, 0.1) is 5.82 Å². The number of piperazine rings is 1. The zero-order valence-corrected chi connectivity index (χ0v) is 16.5. The van der Waals surface area contributed by atoms with Gasteiger partial charge in [-0.1, -0.05) is 11.6 Å². The van der Waals surface area contributed by atoms with Crippen LogP contribution in [0.25, 0.3) is 11.5 Å². The van der Waals surface area contributed by atoms with E-state index in [1.54, 1.807) is 23.1 Å². The zero-order chi connectivity index (χ0) is 21.3. The van der Waals surface area contributed by atoms with E-state index in [0.717, 1.165) is 6.07 Å². The van der Waals surface area contributed by atoms with Gasteiger partial charge in [0, 0.05) is 26.2 Å². The second-order valence-electron chi connectivity index (χ2n) is 6.80. The number of nitrogens with one attached hydrogen (secondary N) is 1. The average molecular weight is 430 g/mol. The van der Waals surface area contributed by atoms with Gasteiger partial charge in [-0.3, -0.25) is 14.4 Å². The summed E-state index contributed by atoms with van der Waals surface area (Å²) < 4.78 is 18.4. The SMILES string of the molecule is O=C(c1ccc(F)cc1Cl)N1CCN(C(=O)c2ccc(-c3ccco3)[nH]c2=O)CC1. The van der Waals surface area contributed by atoms with E-state index in [-0.39, 0.29) is 48.2 Å². The van der Waals surface area contributed by atoms with Gasteiger partial charge in [-0.05, 0) is 42.5 Å². The fraction of sp³-hybridized carbons (Fsp3) is 0.190. The van der Waals surface area contributed by atoms with Gasteiger partial charge < -0.3 is 19.2 Å². The van der Waals surface area contributed by atoms with Crippen LogP contribution in [0.15, 0.2) is 57.9 Å². The van der Waals surface area contributed by atoms with E-state index < -0.39 is 17.3 Å². The Kier molecular flexibility index (Phi) is 5.41. The first kappa shape index (κ1) is 19.9. The number of carbonyl (C=O) groups is 2. The lowest BCUT2D eigenvalue weighted by Crippen LogP contribution is -2.51. The summed E-state index contributed by atoms with van der Waals surface area (Å²) in [6.45, 7) is 1.09. The molecule has 3 heterocycles. The number of hydrogen-bond donors (Lipinski definition) is 1. The quantitative estimate of drug-likeness (QED) is 0.693. The van der Waals surface area contributed by atoms with Crippen LogP contribution in [-0.2, 0) is 0 Å². The number of nitrogens with zero attached hydrogens (tertiary/aromatic N) is 2. The summed E-state index contributed by atoms with van der Waals surface area (Å²) in [5.41, 5.74) is 0.202. The smallest absolute Gasteiger partial charge is 0.261 e. The van der Waals surface area contributed by atoms with Gasteiger partial charge in [-0.15, -0.1) is 0 Å². The molecular weight excluding hydrogens is 413 g/mol. The van der Waals surface area contributed by atoms with Crippen LogP contribution >= 0.6 is 11.6 Å². The van der Waals surface area contributed by atoms with Crippen molar-refractivity contribution < 1.29 is 18.4 Å². The number of halogens is 2. The Balaban J connectivity index is 1.43. The predicted octanol–water partition coefficient (Wildman–Crippen LogP) is 3.03. The van der Waals surface area contributed by atoms with E-state index in [4.69, 9.17) is 16.0 Å². The first-order valence-corrected chi connectivity index (χ1v) is 9.62. The molecule has 0 radical (unpaired) electrons. The third-order valence-electron chi connectivity index (χ3n) is 4.94. The molecule has 1 fully saturated rings. The van der Waals surface area contributed by atoms with Crippen LogP contribution in [0.2, 0.25) is 5.02 Å². The van der Waals surface area contributed by atoms with Gasteiger partial charge >= 0.3 is 0 Å². The normalized spacial score (nSPS) is 14.1. The van der Waals surface area contributed by atoms with Crippen LogP contribution < -0.4 is 5.56 Å². The lowest BCUT2D eigenvalue weighted by Gasteiger charge is -2.34. The molecule has 154 valence electrons. The molecular formula is C21H17ClFN3O4. The third kappa shape index (κ3) is 3.86. The molecule has 2 aromatic heterocycles. The molecule has 3 aromatic rings. The van der Waals surface area contributed by atoms with Crippen LogP contribution in [0.4, 0.5) is 4.39 Å². The minimum Gasteiger partial charge on any atom is -0.463 e. The molecule has 0 unspecified atom stereocenters. The van der Waals surface area contributed by atoms with Crippen molar-refractivity contribution in [1.82, 2.24) is 14.8 Å².